The number of ether oxygens (including phenoxy) is 1. The second-order valence-electron chi connectivity index (χ2n) is 10.6. The Balaban J connectivity index is 1.29. The predicted octanol–water partition coefficient (Wildman–Crippen LogP) is 5.85. The lowest BCUT2D eigenvalue weighted by molar-refractivity contribution is -0.170. The first-order valence-electron chi connectivity index (χ1n) is 13.0. The van der Waals surface area contributed by atoms with Crippen molar-refractivity contribution in [2.75, 3.05) is 19.7 Å². The van der Waals surface area contributed by atoms with Gasteiger partial charge in [0, 0.05) is 12.6 Å². The number of benzene rings is 2. The summed E-state index contributed by atoms with van der Waals surface area (Å²) >= 11 is 0. The second-order valence-corrected chi connectivity index (χ2v) is 10.6. The van der Waals surface area contributed by atoms with Crippen LogP contribution in [0.4, 0.5) is 13.2 Å². The van der Waals surface area contributed by atoms with Gasteiger partial charge >= 0.3 is 6.18 Å². The molecule has 2 aliphatic heterocycles. The maximum absolute atomic E-state index is 13.2. The molecular weight excluding hydrogens is 465 g/mol. The van der Waals surface area contributed by atoms with Crippen molar-refractivity contribution in [3.63, 3.8) is 0 Å². The molecule has 2 aromatic carbocycles. The fourth-order valence-corrected chi connectivity index (χ4v) is 5.63. The smallest absolute Gasteiger partial charge is 0.363 e. The molecule has 0 aromatic heterocycles. The van der Waals surface area contributed by atoms with E-state index < -0.39 is 17.3 Å². The van der Waals surface area contributed by atoms with Gasteiger partial charge in [0.15, 0.2) is 0 Å². The summed E-state index contributed by atoms with van der Waals surface area (Å²) in [6.07, 6.45) is 0.525. The number of halogens is 3. The van der Waals surface area contributed by atoms with Gasteiger partial charge in [-0.05, 0) is 80.3 Å². The molecule has 2 fully saturated rings. The first-order chi connectivity index (χ1) is 17.2. The maximum atomic E-state index is 13.2. The molecule has 4 rings (SSSR count). The third-order valence-electron chi connectivity index (χ3n) is 7.94. The van der Waals surface area contributed by atoms with Crippen LogP contribution in [0.2, 0.25) is 0 Å². The fraction of sp³-hybridized carbons (Fsp3) is 0.552. The zero-order valence-electron chi connectivity index (χ0n) is 21.2. The standard InChI is InChI=1S/C29H37F3N2O2/c1-21(2)28(27(35)33-19-24-9-6-10-25(18-24)29(30,31)32)14-11-26(20-36-28)34-15-12-23(13-16-34)17-22-7-4-3-5-8-22/h3-10,18,21,23,26H,11-17,19-20H2,1-2H3,(H,33,35). The Morgan fingerprint density at radius 3 is 2.36 bits per heavy atom. The van der Waals surface area contributed by atoms with Crippen LogP contribution < -0.4 is 5.32 Å². The zero-order chi connectivity index (χ0) is 25.8. The third kappa shape index (κ3) is 6.30. The zero-order valence-corrected chi connectivity index (χ0v) is 21.2. The molecule has 0 saturated carbocycles. The van der Waals surface area contributed by atoms with E-state index in [4.69, 9.17) is 4.74 Å². The molecule has 196 valence electrons. The average molecular weight is 503 g/mol. The number of hydrogen-bond acceptors (Lipinski definition) is 3. The van der Waals surface area contributed by atoms with Gasteiger partial charge in [0.2, 0.25) is 0 Å². The van der Waals surface area contributed by atoms with E-state index in [1.807, 2.05) is 13.8 Å². The Bertz CT molecular complexity index is 993. The molecule has 36 heavy (non-hydrogen) atoms. The summed E-state index contributed by atoms with van der Waals surface area (Å²) in [5.41, 5.74) is 0.153. The number of amides is 1. The lowest BCUT2D eigenvalue weighted by atomic mass is 9.80. The molecule has 0 bridgehead atoms. The highest BCUT2D eigenvalue weighted by molar-refractivity contribution is 5.85. The molecule has 2 unspecified atom stereocenters. The molecule has 2 saturated heterocycles. The largest absolute Gasteiger partial charge is 0.416 e. The van der Waals surface area contributed by atoms with Crippen LogP contribution in [0.1, 0.15) is 56.2 Å². The summed E-state index contributed by atoms with van der Waals surface area (Å²) < 4.78 is 45.4. The molecule has 4 nitrogen and oxygen atoms in total. The number of hydrogen-bond donors (Lipinski definition) is 1. The van der Waals surface area contributed by atoms with Crippen LogP contribution in [0.3, 0.4) is 0 Å². The van der Waals surface area contributed by atoms with Crippen LogP contribution >= 0.6 is 0 Å². The summed E-state index contributed by atoms with van der Waals surface area (Å²) in [6, 6.07) is 16.0. The van der Waals surface area contributed by atoms with Gasteiger partial charge in [-0.2, -0.15) is 13.2 Å². The highest BCUT2D eigenvalue weighted by atomic mass is 19.4. The highest BCUT2D eigenvalue weighted by Gasteiger charge is 2.46. The van der Waals surface area contributed by atoms with Crippen molar-refractivity contribution in [2.24, 2.45) is 11.8 Å². The number of rotatable bonds is 7. The van der Waals surface area contributed by atoms with E-state index >= 15 is 0 Å². The molecule has 2 aromatic rings. The van der Waals surface area contributed by atoms with Crippen molar-refractivity contribution in [1.82, 2.24) is 10.2 Å². The van der Waals surface area contributed by atoms with Crippen molar-refractivity contribution in [3.05, 3.63) is 71.3 Å². The summed E-state index contributed by atoms with van der Waals surface area (Å²) in [5, 5.41) is 2.85. The Morgan fingerprint density at radius 2 is 1.75 bits per heavy atom. The molecule has 0 spiro atoms. The van der Waals surface area contributed by atoms with Crippen LogP contribution in [0.5, 0.6) is 0 Å². The monoisotopic (exact) mass is 502 g/mol. The van der Waals surface area contributed by atoms with Crippen molar-refractivity contribution < 1.29 is 22.7 Å². The Labute approximate surface area is 212 Å². The van der Waals surface area contributed by atoms with E-state index in [1.54, 1.807) is 6.07 Å². The van der Waals surface area contributed by atoms with Crippen molar-refractivity contribution in [3.8, 4) is 0 Å². The van der Waals surface area contributed by atoms with Crippen molar-refractivity contribution in [2.45, 2.75) is 70.3 Å². The van der Waals surface area contributed by atoms with Gasteiger partial charge in [0.05, 0.1) is 12.2 Å². The van der Waals surface area contributed by atoms with Gasteiger partial charge in [-0.25, -0.2) is 0 Å². The number of carbonyl (C=O) groups excluding carboxylic acids is 1. The number of piperidine rings is 1. The van der Waals surface area contributed by atoms with Gasteiger partial charge in [-0.15, -0.1) is 0 Å². The molecule has 2 aliphatic rings. The van der Waals surface area contributed by atoms with E-state index in [1.165, 1.54) is 11.6 Å². The van der Waals surface area contributed by atoms with E-state index in [-0.39, 0.29) is 18.4 Å². The van der Waals surface area contributed by atoms with Crippen molar-refractivity contribution >= 4 is 5.91 Å². The molecule has 1 amide bonds. The van der Waals surface area contributed by atoms with E-state index in [2.05, 4.69) is 40.5 Å². The minimum atomic E-state index is -4.41. The number of carbonyl (C=O) groups is 1. The van der Waals surface area contributed by atoms with E-state index in [0.717, 1.165) is 50.9 Å². The number of likely N-dealkylation sites (tertiary alicyclic amines) is 1. The summed E-state index contributed by atoms with van der Waals surface area (Å²) in [6.45, 7) is 6.57. The maximum Gasteiger partial charge on any atom is 0.416 e. The topological polar surface area (TPSA) is 41.6 Å². The Morgan fingerprint density at radius 1 is 1.06 bits per heavy atom. The minimum Gasteiger partial charge on any atom is -0.363 e. The molecular formula is C29H37F3N2O2. The quantitative estimate of drug-likeness (QED) is 0.517. The first-order valence-corrected chi connectivity index (χ1v) is 13.0. The number of nitrogens with one attached hydrogen (secondary N) is 1. The lowest BCUT2D eigenvalue weighted by Crippen LogP contribution is -2.58. The molecule has 2 atom stereocenters. The molecule has 2 heterocycles. The second kappa shape index (κ2) is 11.3. The van der Waals surface area contributed by atoms with E-state index in [0.29, 0.717) is 30.6 Å². The van der Waals surface area contributed by atoms with Crippen LogP contribution in [0, 0.1) is 11.8 Å². The van der Waals surface area contributed by atoms with Crippen LogP contribution in [0.15, 0.2) is 54.6 Å². The molecule has 0 aliphatic carbocycles. The van der Waals surface area contributed by atoms with Gasteiger partial charge in [0.1, 0.15) is 5.60 Å². The summed E-state index contributed by atoms with van der Waals surface area (Å²) in [5.74, 6) is 0.413. The van der Waals surface area contributed by atoms with E-state index in [9.17, 15) is 18.0 Å². The third-order valence-corrected chi connectivity index (χ3v) is 7.94. The summed E-state index contributed by atoms with van der Waals surface area (Å²) in [4.78, 5) is 15.8. The molecule has 7 heteroatoms. The Kier molecular flexibility index (Phi) is 8.41. The Hall–Kier alpha value is -2.38. The lowest BCUT2D eigenvalue weighted by Gasteiger charge is -2.46. The number of nitrogens with zero attached hydrogens (tertiary/aromatic N) is 1. The van der Waals surface area contributed by atoms with Gasteiger partial charge in [-0.1, -0.05) is 56.3 Å². The predicted molar refractivity (Wildman–Crippen MR) is 134 cm³/mol. The van der Waals surface area contributed by atoms with Gasteiger partial charge < -0.3 is 10.1 Å². The average Bonchev–Trinajstić information content (AvgIpc) is 2.88. The van der Waals surface area contributed by atoms with Gasteiger partial charge in [0.25, 0.3) is 5.91 Å². The highest BCUT2D eigenvalue weighted by Crippen LogP contribution is 2.36. The van der Waals surface area contributed by atoms with Crippen LogP contribution in [-0.2, 0) is 28.7 Å². The van der Waals surface area contributed by atoms with Crippen LogP contribution in [0.25, 0.3) is 0 Å². The minimum absolute atomic E-state index is 0.0406. The molecule has 1 N–H and O–H groups in total. The van der Waals surface area contributed by atoms with Crippen LogP contribution in [-0.4, -0.2) is 42.1 Å². The summed E-state index contributed by atoms with van der Waals surface area (Å²) in [7, 11) is 0. The SMILES string of the molecule is CC(C)C1(C(=O)NCc2cccc(C(F)(F)F)c2)CCC(N2CCC(Cc3ccccc3)CC2)CO1. The van der Waals surface area contributed by atoms with Crippen molar-refractivity contribution in [1.29, 1.82) is 0 Å². The molecule has 0 radical (unpaired) electrons. The van der Waals surface area contributed by atoms with Gasteiger partial charge in [-0.3, -0.25) is 9.69 Å². The fourth-order valence-electron chi connectivity index (χ4n) is 5.63. The normalized spacial score (nSPS) is 24.1. The first kappa shape index (κ1) is 26.7. The number of alkyl halides is 3.